The quantitative estimate of drug-likeness (QED) is 0.155. The fourth-order valence-corrected chi connectivity index (χ4v) is 4.28. The van der Waals surface area contributed by atoms with Crippen molar-refractivity contribution < 1.29 is 28.8 Å². The van der Waals surface area contributed by atoms with E-state index in [4.69, 9.17) is 18.9 Å². The van der Waals surface area contributed by atoms with E-state index in [0.29, 0.717) is 34.1 Å². The first kappa shape index (κ1) is 26.2. The number of rotatable bonds is 10. The number of carbonyl (C=O) groups excluding carboxylic acids is 1. The molecule has 1 aromatic heterocycles. The van der Waals surface area contributed by atoms with Gasteiger partial charge in [-0.25, -0.2) is 0 Å². The highest BCUT2D eigenvalue weighted by molar-refractivity contribution is 6.13. The van der Waals surface area contributed by atoms with Gasteiger partial charge in [0.1, 0.15) is 0 Å². The lowest BCUT2D eigenvalue weighted by molar-refractivity contribution is 0.104. The van der Waals surface area contributed by atoms with Gasteiger partial charge in [0.2, 0.25) is 5.75 Å². The molecule has 0 atom stereocenters. The third-order valence-electron chi connectivity index (χ3n) is 6.09. The average Bonchev–Trinajstić information content (AvgIpc) is 3.27. The smallest absolute Gasteiger partial charge is 0.203 e. The van der Waals surface area contributed by atoms with Crippen molar-refractivity contribution in [2.45, 2.75) is 0 Å². The van der Waals surface area contributed by atoms with Gasteiger partial charge in [-0.15, -0.1) is 0 Å². The molecule has 0 aliphatic rings. The summed E-state index contributed by atoms with van der Waals surface area (Å²) in [4.78, 5) is 12.9. The molecular weight excluding hydrogens is 484 g/mol. The van der Waals surface area contributed by atoms with Crippen molar-refractivity contribution in [2.75, 3.05) is 33.8 Å². The molecule has 38 heavy (non-hydrogen) atoms. The second-order valence-electron chi connectivity index (χ2n) is 8.43. The van der Waals surface area contributed by atoms with Gasteiger partial charge in [0, 0.05) is 42.0 Å². The van der Waals surface area contributed by atoms with Gasteiger partial charge < -0.3 is 33.9 Å². The summed E-state index contributed by atoms with van der Waals surface area (Å²) in [6.45, 7) is 0. The molecule has 1 heterocycles. The first-order valence-electron chi connectivity index (χ1n) is 11.8. The molecule has 196 valence electrons. The van der Waals surface area contributed by atoms with Crippen LogP contribution in [0.5, 0.6) is 28.7 Å². The number of carbonyl (C=O) groups is 1. The number of phenols is 1. The van der Waals surface area contributed by atoms with Crippen LogP contribution in [0.1, 0.15) is 21.5 Å². The predicted molar refractivity (Wildman–Crippen MR) is 150 cm³/mol. The molecule has 0 unspecified atom stereocenters. The van der Waals surface area contributed by atoms with Crippen molar-refractivity contribution in [1.29, 1.82) is 0 Å². The molecule has 0 bridgehead atoms. The number of nitrogens with one attached hydrogen (secondary N) is 1. The number of phenolic OH excluding ortho intramolecular Hbond substituents is 1. The Bertz CT molecular complexity index is 1510. The summed E-state index contributed by atoms with van der Waals surface area (Å²) < 4.78 is 23.5. The average molecular weight is 515 g/mol. The number of anilines is 1. The third-order valence-corrected chi connectivity index (χ3v) is 6.09. The van der Waals surface area contributed by atoms with Crippen molar-refractivity contribution >= 4 is 34.5 Å². The van der Waals surface area contributed by atoms with Crippen LogP contribution < -0.4 is 24.3 Å². The number of allylic oxidation sites excluding steroid dienone is 1. The van der Waals surface area contributed by atoms with Crippen molar-refractivity contribution in [3.05, 3.63) is 83.7 Å². The lowest BCUT2D eigenvalue weighted by atomic mass is 10.1. The van der Waals surface area contributed by atoms with Crippen molar-refractivity contribution in [3.8, 4) is 28.7 Å². The van der Waals surface area contributed by atoms with E-state index in [9.17, 15) is 9.90 Å². The minimum atomic E-state index is -0.143. The number of aromatic hydroxyl groups is 1. The highest BCUT2D eigenvalue weighted by Crippen LogP contribution is 2.39. The zero-order valence-corrected chi connectivity index (χ0v) is 21.9. The molecule has 0 saturated heterocycles. The zero-order valence-electron chi connectivity index (χ0n) is 21.9. The second kappa shape index (κ2) is 11.5. The van der Waals surface area contributed by atoms with Crippen molar-refractivity contribution in [3.63, 3.8) is 0 Å². The summed E-state index contributed by atoms with van der Waals surface area (Å²) in [6, 6.07) is 14.8. The van der Waals surface area contributed by atoms with Crippen LogP contribution in [0.4, 0.5) is 5.69 Å². The minimum absolute atomic E-state index is 0.0455. The molecule has 8 heteroatoms. The largest absolute Gasteiger partial charge is 0.504 e. The normalized spacial score (nSPS) is 11.3. The first-order chi connectivity index (χ1) is 18.4. The maximum atomic E-state index is 12.9. The number of nitrogens with zero attached hydrogens (tertiary/aromatic N) is 1. The Hall–Kier alpha value is -4.85. The number of benzene rings is 3. The summed E-state index contributed by atoms with van der Waals surface area (Å²) in [5.74, 6) is 1.65. The van der Waals surface area contributed by atoms with E-state index in [1.165, 1.54) is 19.4 Å². The molecule has 8 nitrogen and oxygen atoms in total. The van der Waals surface area contributed by atoms with E-state index >= 15 is 0 Å². The second-order valence-corrected chi connectivity index (χ2v) is 8.43. The van der Waals surface area contributed by atoms with Gasteiger partial charge in [-0.2, -0.15) is 0 Å². The van der Waals surface area contributed by atoms with Crippen LogP contribution in [0.15, 0.2) is 67.0 Å². The molecule has 0 amide bonds. The van der Waals surface area contributed by atoms with E-state index < -0.39 is 0 Å². The molecule has 0 aliphatic heterocycles. The highest BCUT2D eigenvalue weighted by Gasteiger charge is 2.14. The van der Waals surface area contributed by atoms with Crippen LogP contribution in [-0.4, -0.2) is 43.9 Å². The topological polar surface area (TPSA) is 91.2 Å². The summed E-state index contributed by atoms with van der Waals surface area (Å²) in [5, 5.41) is 14.5. The zero-order chi connectivity index (χ0) is 27.2. The maximum absolute atomic E-state index is 12.9. The van der Waals surface area contributed by atoms with Gasteiger partial charge in [-0.3, -0.25) is 4.79 Å². The van der Waals surface area contributed by atoms with E-state index in [1.807, 2.05) is 66.4 Å². The third kappa shape index (κ3) is 5.29. The fourth-order valence-electron chi connectivity index (χ4n) is 4.28. The van der Waals surface area contributed by atoms with Gasteiger partial charge in [-0.1, -0.05) is 30.4 Å². The molecule has 0 radical (unpaired) electrons. The van der Waals surface area contributed by atoms with Crippen LogP contribution in [0.2, 0.25) is 0 Å². The van der Waals surface area contributed by atoms with Gasteiger partial charge in [-0.05, 0) is 41.5 Å². The van der Waals surface area contributed by atoms with Gasteiger partial charge >= 0.3 is 0 Å². The maximum Gasteiger partial charge on any atom is 0.203 e. The van der Waals surface area contributed by atoms with E-state index in [0.717, 1.165) is 16.5 Å². The van der Waals surface area contributed by atoms with Crippen LogP contribution in [0.3, 0.4) is 0 Å². The van der Waals surface area contributed by atoms with Crippen molar-refractivity contribution in [1.82, 2.24) is 4.57 Å². The molecule has 4 aromatic rings. The van der Waals surface area contributed by atoms with Crippen LogP contribution >= 0.6 is 0 Å². The number of ketones is 1. The summed E-state index contributed by atoms with van der Waals surface area (Å²) in [5.41, 5.74) is 3.60. The summed E-state index contributed by atoms with van der Waals surface area (Å²) in [6.07, 6.45) is 8.49. The van der Waals surface area contributed by atoms with Crippen molar-refractivity contribution in [2.24, 2.45) is 7.05 Å². The number of aryl methyl sites for hydroxylation is 1. The number of hydrogen-bond donors (Lipinski definition) is 2. The molecule has 4 rings (SSSR count). The van der Waals surface area contributed by atoms with Crippen LogP contribution in [0.25, 0.3) is 23.1 Å². The van der Waals surface area contributed by atoms with E-state index in [1.54, 1.807) is 33.5 Å². The molecule has 0 spiro atoms. The van der Waals surface area contributed by atoms with E-state index in [-0.39, 0.29) is 17.3 Å². The molecule has 2 N–H and O–H groups in total. The van der Waals surface area contributed by atoms with Gasteiger partial charge in [0.25, 0.3) is 0 Å². The lowest BCUT2D eigenvalue weighted by Crippen LogP contribution is -1.98. The Morgan fingerprint density at radius 2 is 1.50 bits per heavy atom. The number of methoxy groups -OCH3 is 4. The Morgan fingerprint density at radius 3 is 2.13 bits per heavy atom. The lowest BCUT2D eigenvalue weighted by Gasteiger charge is -2.13. The molecule has 0 aliphatic carbocycles. The van der Waals surface area contributed by atoms with Gasteiger partial charge in [0.05, 0.1) is 34.1 Å². The summed E-state index contributed by atoms with van der Waals surface area (Å²) >= 11 is 0. The standard InChI is InChI=1S/C30H30N2O6/c1-32-18-22(21-8-6-7-9-24(21)32)25(33)12-13-31-23-14-19(15-26(34)29(23)37-4)10-11-20-16-27(35-2)30(38-5)28(17-20)36-3/h6-18,31,34H,1-5H3/b11-10+,13-12-. The minimum Gasteiger partial charge on any atom is -0.504 e. The SMILES string of the molecule is COc1cc(/C=C/c2cc(O)c(OC)c(N/C=C\C(=O)c3cn(C)c4ccccc34)c2)cc(OC)c1OC. The number of para-hydroxylation sites is 1. The number of ether oxygens (including phenoxy) is 4. The van der Waals surface area contributed by atoms with Crippen LogP contribution in [-0.2, 0) is 7.05 Å². The molecule has 0 saturated carbocycles. The molecule has 0 fully saturated rings. The Morgan fingerprint density at radius 1 is 0.868 bits per heavy atom. The number of aromatic nitrogens is 1. The predicted octanol–water partition coefficient (Wildman–Crippen LogP) is 5.90. The molecular formula is C30H30N2O6. The Kier molecular flexibility index (Phi) is 7.91. The fraction of sp³-hybridized carbons (Fsp3) is 0.167. The summed E-state index contributed by atoms with van der Waals surface area (Å²) in [7, 11) is 8.04. The Labute approximate surface area is 221 Å². The number of fused-ring (bicyclic) bond motifs is 1. The monoisotopic (exact) mass is 514 g/mol. The number of hydrogen-bond acceptors (Lipinski definition) is 7. The van der Waals surface area contributed by atoms with Gasteiger partial charge in [0.15, 0.2) is 28.8 Å². The highest BCUT2D eigenvalue weighted by atomic mass is 16.5. The first-order valence-corrected chi connectivity index (χ1v) is 11.8. The molecule has 3 aromatic carbocycles. The van der Waals surface area contributed by atoms with Crippen LogP contribution in [0, 0.1) is 0 Å². The Balaban J connectivity index is 1.58. The van der Waals surface area contributed by atoms with E-state index in [2.05, 4.69) is 5.32 Å².